The van der Waals surface area contributed by atoms with Gasteiger partial charge in [-0.15, -0.1) is 0 Å². The molecule has 25 heavy (non-hydrogen) atoms. The average molecular weight is 358 g/mol. The number of amides is 1. The van der Waals surface area contributed by atoms with Crippen LogP contribution < -0.4 is 4.90 Å². The topological polar surface area (TPSA) is 58.6 Å². The fourth-order valence-corrected chi connectivity index (χ4v) is 3.16. The molecule has 1 aromatic rings. The predicted octanol–water partition coefficient (Wildman–Crippen LogP) is 2.94. The fourth-order valence-electron chi connectivity index (χ4n) is 3.16. The van der Waals surface area contributed by atoms with Crippen LogP contribution in [0.3, 0.4) is 0 Å². The van der Waals surface area contributed by atoms with Crippen LogP contribution in [-0.4, -0.2) is 52.2 Å². The Hall–Kier alpha value is -2.06. The summed E-state index contributed by atoms with van der Waals surface area (Å²) < 4.78 is 43.9. The highest BCUT2D eigenvalue weighted by Gasteiger charge is 2.46. The number of hydrogen-bond acceptors (Lipinski definition) is 5. The van der Waals surface area contributed by atoms with Crippen LogP contribution in [0, 0.1) is 5.92 Å². The maximum Gasteiger partial charge on any atom is 0.433 e. The average Bonchev–Trinajstić information content (AvgIpc) is 2.46. The quantitative estimate of drug-likeness (QED) is 0.773. The fraction of sp³-hybridized carbons (Fsp3) is 0.688. The van der Waals surface area contributed by atoms with Gasteiger partial charge in [-0.1, -0.05) is 0 Å². The van der Waals surface area contributed by atoms with Crippen molar-refractivity contribution < 1.29 is 22.7 Å². The van der Waals surface area contributed by atoms with E-state index >= 15 is 0 Å². The molecule has 2 atom stereocenters. The van der Waals surface area contributed by atoms with Crippen LogP contribution in [0.25, 0.3) is 0 Å². The van der Waals surface area contributed by atoms with E-state index in [1.165, 1.54) is 0 Å². The van der Waals surface area contributed by atoms with Crippen molar-refractivity contribution in [2.75, 3.05) is 24.5 Å². The molecule has 0 N–H and O–H groups in total. The third-order valence-electron chi connectivity index (χ3n) is 4.39. The third-order valence-corrected chi connectivity index (χ3v) is 4.39. The largest absolute Gasteiger partial charge is 0.444 e. The molecule has 1 amide bonds. The van der Waals surface area contributed by atoms with Crippen LogP contribution in [-0.2, 0) is 10.9 Å². The molecule has 0 aromatic carbocycles. The van der Waals surface area contributed by atoms with E-state index in [0.29, 0.717) is 25.6 Å². The molecule has 6 nitrogen and oxygen atoms in total. The number of carbonyl (C=O) groups is 1. The van der Waals surface area contributed by atoms with E-state index in [4.69, 9.17) is 4.74 Å². The van der Waals surface area contributed by atoms with E-state index in [1.807, 2.05) is 0 Å². The van der Waals surface area contributed by atoms with Gasteiger partial charge in [-0.25, -0.2) is 14.8 Å². The molecule has 0 saturated carbocycles. The molecule has 0 aliphatic carbocycles. The molecule has 3 heterocycles. The number of anilines is 1. The summed E-state index contributed by atoms with van der Waals surface area (Å²) in [5.41, 5.74) is -1.54. The van der Waals surface area contributed by atoms with Gasteiger partial charge in [-0.2, -0.15) is 13.2 Å². The lowest BCUT2D eigenvalue weighted by molar-refractivity contribution is -0.141. The normalized spacial score (nSPS) is 23.8. The number of alkyl halides is 3. The van der Waals surface area contributed by atoms with Crippen LogP contribution in [0.15, 0.2) is 12.3 Å². The van der Waals surface area contributed by atoms with E-state index in [-0.39, 0.29) is 12.0 Å². The highest BCUT2D eigenvalue weighted by atomic mass is 19.4. The van der Waals surface area contributed by atoms with Crippen LogP contribution in [0.2, 0.25) is 0 Å². The zero-order chi connectivity index (χ0) is 18.4. The standard InChI is InChI=1S/C16H21F3N4O2/c1-15(2,3)25-14(24)22-7-5-10-8-23(11(10)9-22)13-20-6-4-12(21-13)16(17,18)19/h4,6,10-11H,5,7-9H2,1-3H3/t10-,11-/m0/s1. The van der Waals surface area contributed by atoms with Gasteiger partial charge in [-0.3, -0.25) is 0 Å². The van der Waals surface area contributed by atoms with E-state index in [0.717, 1.165) is 18.7 Å². The Labute approximate surface area is 144 Å². The van der Waals surface area contributed by atoms with Gasteiger partial charge < -0.3 is 14.5 Å². The Balaban J connectivity index is 1.70. The summed E-state index contributed by atoms with van der Waals surface area (Å²) in [4.78, 5) is 23.2. The molecular weight excluding hydrogens is 337 g/mol. The van der Waals surface area contributed by atoms with Gasteiger partial charge in [0.15, 0.2) is 0 Å². The Morgan fingerprint density at radius 3 is 2.64 bits per heavy atom. The van der Waals surface area contributed by atoms with Crippen LogP contribution in [0.1, 0.15) is 32.9 Å². The second-order valence-corrected chi connectivity index (χ2v) is 7.43. The molecule has 0 radical (unpaired) electrons. The lowest BCUT2D eigenvalue weighted by Gasteiger charge is -2.53. The van der Waals surface area contributed by atoms with Crippen LogP contribution in [0.4, 0.5) is 23.9 Å². The van der Waals surface area contributed by atoms with E-state index in [9.17, 15) is 18.0 Å². The maximum atomic E-state index is 12.8. The molecule has 1 aromatic heterocycles. The summed E-state index contributed by atoms with van der Waals surface area (Å²) in [5, 5.41) is 0. The number of likely N-dealkylation sites (tertiary alicyclic amines) is 1. The monoisotopic (exact) mass is 358 g/mol. The lowest BCUT2D eigenvalue weighted by Crippen LogP contribution is -2.65. The van der Waals surface area contributed by atoms with Crippen LogP contribution >= 0.6 is 0 Å². The van der Waals surface area contributed by atoms with Crippen molar-refractivity contribution in [2.24, 2.45) is 5.92 Å². The molecule has 2 aliphatic heterocycles. The molecule has 3 rings (SSSR count). The second-order valence-electron chi connectivity index (χ2n) is 7.43. The SMILES string of the molecule is CC(C)(C)OC(=O)N1CC[C@H]2CN(c3nccc(C(F)(F)F)n3)[C@H]2C1. The molecule has 0 spiro atoms. The summed E-state index contributed by atoms with van der Waals surface area (Å²) in [6.07, 6.45) is -2.99. The first-order valence-electron chi connectivity index (χ1n) is 8.19. The van der Waals surface area contributed by atoms with Crippen molar-refractivity contribution in [3.63, 3.8) is 0 Å². The minimum absolute atomic E-state index is 0.0575. The number of nitrogens with zero attached hydrogens (tertiary/aromatic N) is 4. The molecule has 0 bridgehead atoms. The number of halogens is 3. The first-order valence-corrected chi connectivity index (χ1v) is 8.19. The van der Waals surface area contributed by atoms with Crippen molar-refractivity contribution in [3.05, 3.63) is 18.0 Å². The molecule has 2 fully saturated rings. The molecule has 9 heteroatoms. The molecule has 2 saturated heterocycles. The Morgan fingerprint density at radius 2 is 2.00 bits per heavy atom. The molecule has 2 aliphatic rings. The Bertz CT molecular complexity index is 660. The summed E-state index contributed by atoms with van der Waals surface area (Å²) in [6, 6.07) is 0.777. The minimum atomic E-state index is -4.50. The predicted molar refractivity (Wildman–Crippen MR) is 84.1 cm³/mol. The zero-order valence-electron chi connectivity index (χ0n) is 14.4. The number of hydrogen-bond donors (Lipinski definition) is 0. The minimum Gasteiger partial charge on any atom is -0.444 e. The highest BCUT2D eigenvalue weighted by Crippen LogP contribution is 2.36. The van der Waals surface area contributed by atoms with Gasteiger partial charge >= 0.3 is 12.3 Å². The lowest BCUT2D eigenvalue weighted by atomic mass is 9.82. The zero-order valence-corrected chi connectivity index (χ0v) is 14.4. The van der Waals surface area contributed by atoms with Gasteiger partial charge in [0.1, 0.15) is 11.3 Å². The van der Waals surface area contributed by atoms with Gasteiger partial charge in [0.2, 0.25) is 5.95 Å². The van der Waals surface area contributed by atoms with E-state index < -0.39 is 23.6 Å². The maximum absolute atomic E-state index is 12.8. The highest BCUT2D eigenvalue weighted by molar-refractivity contribution is 5.68. The first-order chi connectivity index (χ1) is 11.5. The first kappa shape index (κ1) is 17.8. The van der Waals surface area contributed by atoms with Gasteiger partial charge in [0, 0.05) is 31.7 Å². The third kappa shape index (κ3) is 3.80. The van der Waals surface area contributed by atoms with Crippen molar-refractivity contribution in [2.45, 2.75) is 45.0 Å². The van der Waals surface area contributed by atoms with Crippen molar-refractivity contribution >= 4 is 12.0 Å². The van der Waals surface area contributed by atoms with E-state index in [2.05, 4.69) is 9.97 Å². The number of aromatic nitrogens is 2. The van der Waals surface area contributed by atoms with Crippen molar-refractivity contribution in [1.29, 1.82) is 0 Å². The second kappa shape index (κ2) is 6.03. The summed E-state index contributed by atoms with van der Waals surface area (Å²) >= 11 is 0. The van der Waals surface area contributed by atoms with Gasteiger partial charge in [0.25, 0.3) is 0 Å². The van der Waals surface area contributed by atoms with Crippen LogP contribution in [0.5, 0.6) is 0 Å². The number of piperidine rings is 1. The molecule has 138 valence electrons. The summed E-state index contributed by atoms with van der Waals surface area (Å²) in [5.74, 6) is 0.388. The molecular formula is C16H21F3N4O2. The Kier molecular flexibility index (Phi) is 4.28. The van der Waals surface area contributed by atoms with Crippen molar-refractivity contribution in [1.82, 2.24) is 14.9 Å². The number of fused-ring (bicyclic) bond motifs is 1. The van der Waals surface area contributed by atoms with Gasteiger partial charge in [0.05, 0.1) is 6.04 Å². The number of rotatable bonds is 1. The molecule has 0 unspecified atom stereocenters. The van der Waals surface area contributed by atoms with Gasteiger partial charge in [-0.05, 0) is 33.3 Å². The smallest absolute Gasteiger partial charge is 0.433 e. The summed E-state index contributed by atoms with van der Waals surface area (Å²) in [7, 11) is 0. The number of ether oxygens (including phenoxy) is 1. The Morgan fingerprint density at radius 1 is 1.28 bits per heavy atom. The van der Waals surface area contributed by atoms with Crippen molar-refractivity contribution in [3.8, 4) is 0 Å². The van der Waals surface area contributed by atoms with E-state index in [1.54, 1.807) is 30.6 Å². The number of carbonyl (C=O) groups excluding carboxylic acids is 1. The summed E-state index contributed by atoms with van der Waals surface area (Å²) in [6.45, 7) is 6.98.